The Kier molecular flexibility index (Phi) is 8.11. The fraction of sp³-hybridized carbons (Fsp3) is 0.259. The minimum Gasteiger partial charge on any atom is -0.274 e. The highest BCUT2D eigenvalue weighted by atomic mass is 79.9. The molecule has 0 aliphatic heterocycles. The monoisotopic (exact) mass is 631 g/mol. The van der Waals surface area contributed by atoms with Gasteiger partial charge in [0.05, 0.1) is 22.1 Å². The van der Waals surface area contributed by atoms with Gasteiger partial charge in [-0.2, -0.15) is 4.68 Å². The Morgan fingerprint density at radius 3 is 2.42 bits per heavy atom. The molecule has 0 aliphatic rings. The smallest absolute Gasteiger partial charge is 0.274 e. The van der Waals surface area contributed by atoms with Crippen molar-refractivity contribution < 1.29 is 17.7 Å². The van der Waals surface area contributed by atoms with Crippen molar-refractivity contribution in [1.29, 1.82) is 0 Å². The second-order valence-electron chi connectivity index (χ2n) is 10.1. The number of aromatic nitrogens is 3. The minimum atomic E-state index is -3.89. The Labute approximate surface area is 238 Å². The topological polar surface area (TPSA) is 129 Å². The van der Waals surface area contributed by atoms with Gasteiger partial charge in [0.1, 0.15) is 11.6 Å². The quantitative estimate of drug-likeness (QED) is 0.210. The van der Waals surface area contributed by atoms with Gasteiger partial charge in [-0.25, -0.2) is 22.3 Å². The summed E-state index contributed by atoms with van der Waals surface area (Å²) in [6.07, 6.45) is 0.348. The van der Waals surface area contributed by atoms with E-state index in [2.05, 4.69) is 25.8 Å². The lowest BCUT2D eigenvalue weighted by Gasteiger charge is -2.21. The van der Waals surface area contributed by atoms with Crippen molar-refractivity contribution in [2.45, 2.75) is 51.1 Å². The van der Waals surface area contributed by atoms with E-state index in [-0.39, 0.29) is 28.4 Å². The van der Waals surface area contributed by atoms with Crippen molar-refractivity contribution in [3.63, 3.8) is 0 Å². The Morgan fingerprint density at radius 2 is 1.80 bits per heavy atom. The fourth-order valence-electron chi connectivity index (χ4n) is 4.20. The Balaban J connectivity index is 1.73. The van der Waals surface area contributed by atoms with Gasteiger partial charge in [-0.3, -0.25) is 14.7 Å². The Bertz CT molecular complexity index is 1780. The molecule has 3 aromatic carbocycles. The van der Waals surface area contributed by atoms with E-state index in [1.54, 1.807) is 52.0 Å². The number of hydrogen-bond acceptors (Lipinski definition) is 6. The maximum Gasteiger partial charge on any atom is 0.351 e. The molecule has 0 atom stereocenters. The van der Waals surface area contributed by atoms with Gasteiger partial charge in [0.25, 0.3) is 5.69 Å². The van der Waals surface area contributed by atoms with E-state index in [4.69, 9.17) is 0 Å². The predicted octanol–water partition coefficient (Wildman–Crippen LogP) is 5.20. The standard InChI is InChI=1S/C27H27BrFN5O5S/c1-5-25-30-33(23-15-19(34(36)37)12-13-21(23)28)26(35)32(25)16-18-11-10-17(14-22(18)29)20-8-6-7-9-24(20)40(38,39)31-27(2,3)4/h6-15,31H,5,16H2,1-4H3. The van der Waals surface area contributed by atoms with Crippen LogP contribution in [-0.2, 0) is 23.0 Å². The first kappa shape index (κ1) is 29.3. The van der Waals surface area contributed by atoms with E-state index < -0.39 is 32.0 Å². The summed E-state index contributed by atoms with van der Waals surface area (Å²) in [7, 11) is -3.89. The third-order valence-electron chi connectivity index (χ3n) is 5.93. The van der Waals surface area contributed by atoms with Crippen molar-refractivity contribution in [2.75, 3.05) is 0 Å². The molecular weight excluding hydrogens is 605 g/mol. The largest absolute Gasteiger partial charge is 0.351 e. The van der Waals surface area contributed by atoms with Crippen LogP contribution in [0.4, 0.5) is 10.1 Å². The molecule has 0 bridgehead atoms. The fourth-order valence-corrected chi connectivity index (χ4v) is 6.27. The normalized spacial score (nSPS) is 12.1. The van der Waals surface area contributed by atoms with Gasteiger partial charge in [0, 0.05) is 39.7 Å². The number of non-ortho nitro benzene ring substituents is 1. The number of nitro groups is 1. The highest BCUT2D eigenvalue weighted by molar-refractivity contribution is 9.10. The number of sulfonamides is 1. The highest BCUT2D eigenvalue weighted by Gasteiger charge is 2.25. The van der Waals surface area contributed by atoms with Crippen LogP contribution in [0, 0.1) is 15.9 Å². The Morgan fingerprint density at radius 1 is 1.10 bits per heavy atom. The predicted molar refractivity (Wildman–Crippen MR) is 153 cm³/mol. The zero-order valence-corrected chi connectivity index (χ0v) is 24.6. The summed E-state index contributed by atoms with van der Waals surface area (Å²) in [5, 5.41) is 15.6. The van der Waals surface area contributed by atoms with Crippen molar-refractivity contribution in [2.24, 2.45) is 0 Å². The van der Waals surface area contributed by atoms with Crippen molar-refractivity contribution in [3.05, 3.63) is 103 Å². The molecule has 13 heteroatoms. The zero-order valence-electron chi connectivity index (χ0n) is 22.2. The molecule has 1 N–H and O–H groups in total. The van der Waals surface area contributed by atoms with Crippen LogP contribution in [0.1, 0.15) is 39.1 Å². The van der Waals surface area contributed by atoms with Gasteiger partial charge in [-0.05, 0) is 60.5 Å². The average molecular weight is 633 g/mol. The molecule has 1 aromatic heterocycles. The summed E-state index contributed by atoms with van der Waals surface area (Å²) in [6.45, 7) is 6.83. The molecule has 0 fully saturated rings. The number of benzene rings is 3. The summed E-state index contributed by atoms with van der Waals surface area (Å²) >= 11 is 3.31. The third-order valence-corrected chi connectivity index (χ3v) is 8.42. The van der Waals surface area contributed by atoms with Crippen LogP contribution in [0.2, 0.25) is 0 Å². The molecule has 0 saturated carbocycles. The lowest BCUT2D eigenvalue weighted by atomic mass is 10.0. The second-order valence-corrected chi connectivity index (χ2v) is 12.6. The van der Waals surface area contributed by atoms with Crippen LogP contribution in [-0.4, -0.2) is 33.2 Å². The molecular formula is C27H27BrFN5O5S. The number of nitro benzene ring substituents is 1. The third kappa shape index (κ3) is 6.06. The van der Waals surface area contributed by atoms with Crippen LogP contribution in [0.3, 0.4) is 0 Å². The maximum atomic E-state index is 15.4. The maximum absolute atomic E-state index is 15.4. The van der Waals surface area contributed by atoms with E-state index in [1.807, 2.05) is 0 Å². The van der Waals surface area contributed by atoms with Crippen molar-refractivity contribution >= 4 is 31.6 Å². The summed E-state index contributed by atoms with van der Waals surface area (Å²) in [5.41, 5.74) is -0.451. The molecule has 0 aliphatic carbocycles. The van der Waals surface area contributed by atoms with Crippen LogP contribution < -0.4 is 10.4 Å². The molecule has 0 spiro atoms. The van der Waals surface area contributed by atoms with E-state index >= 15 is 4.39 Å². The SMILES string of the molecule is CCc1nn(-c2cc([N+](=O)[O-])ccc2Br)c(=O)n1Cc1ccc(-c2ccccc2S(=O)(=O)NC(C)(C)C)cc1F. The zero-order chi connectivity index (χ0) is 29.4. The number of hydrogen-bond donors (Lipinski definition) is 1. The molecule has 4 aromatic rings. The molecule has 210 valence electrons. The van der Waals surface area contributed by atoms with Crippen LogP contribution >= 0.6 is 15.9 Å². The number of nitrogens with one attached hydrogen (secondary N) is 1. The molecule has 0 radical (unpaired) electrons. The van der Waals surface area contributed by atoms with Crippen LogP contribution in [0.15, 0.2) is 74.8 Å². The number of aryl methyl sites for hydroxylation is 1. The molecule has 40 heavy (non-hydrogen) atoms. The van der Waals surface area contributed by atoms with Gasteiger partial charge in [-0.15, -0.1) is 5.10 Å². The van der Waals surface area contributed by atoms with E-state index in [1.165, 1.54) is 41.0 Å². The second kappa shape index (κ2) is 11.1. The first-order chi connectivity index (χ1) is 18.7. The van der Waals surface area contributed by atoms with Crippen LogP contribution in [0.25, 0.3) is 16.8 Å². The van der Waals surface area contributed by atoms with Gasteiger partial charge in [0.15, 0.2) is 0 Å². The summed E-state index contributed by atoms with van der Waals surface area (Å²) in [6, 6.07) is 14.7. The first-order valence-corrected chi connectivity index (χ1v) is 14.5. The summed E-state index contributed by atoms with van der Waals surface area (Å²) in [4.78, 5) is 24.0. The van der Waals surface area contributed by atoms with E-state index in [0.29, 0.717) is 27.8 Å². The average Bonchev–Trinajstić information content (AvgIpc) is 3.18. The molecule has 0 amide bonds. The van der Waals surface area contributed by atoms with Crippen molar-refractivity contribution in [1.82, 2.24) is 19.1 Å². The Hall–Kier alpha value is -3.68. The van der Waals surface area contributed by atoms with Crippen LogP contribution in [0.5, 0.6) is 0 Å². The van der Waals surface area contributed by atoms with E-state index in [0.717, 1.165) is 4.68 Å². The van der Waals surface area contributed by atoms with Gasteiger partial charge in [0.2, 0.25) is 10.0 Å². The van der Waals surface area contributed by atoms with Gasteiger partial charge < -0.3 is 0 Å². The molecule has 0 saturated heterocycles. The van der Waals surface area contributed by atoms with Crippen molar-refractivity contribution in [3.8, 4) is 16.8 Å². The number of halogens is 2. The lowest BCUT2D eigenvalue weighted by molar-refractivity contribution is -0.384. The number of rotatable bonds is 8. The van der Waals surface area contributed by atoms with E-state index in [9.17, 15) is 23.3 Å². The highest BCUT2D eigenvalue weighted by Crippen LogP contribution is 2.30. The van der Waals surface area contributed by atoms with Gasteiger partial charge >= 0.3 is 5.69 Å². The lowest BCUT2D eigenvalue weighted by Crippen LogP contribution is -2.40. The molecule has 1 heterocycles. The van der Waals surface area contributed by atoms with Gasteiger partial charge in [-0.1, -0.05) is 37.3 Å². The first-order valence-electron chi connectivity index (χ1n) is 12.3. The molecule has 4 rings (SSSR count). The summed E-state index contributed by atoms with van der Waals surface area (Å²) in [5.74, 6) is -0.275. The molecule has 0 unspecified atom stereocenters. The minimum absolute atomic E-state index is 0.0189. The summed E-state index contributed by atoms with van der Waals surface area (Å²) < 4.78 is 46.9. The molecule has 10 nitrogen and oxygen atoms in total. The number of nitrogens with zero attached hydrogens (tertiary/aromatic N) is 4.